The minimum atomic E-state index is -0.165. The number of pyridine rings is 1. The molecule has 0 unspecified atom stereocenters. The first-order valence-electron chi connectivity index (χ1n) is 7.98. The average Bonchev–Trinajstić information content (AvgIpc) is 3.04. The molecule has 0 saturated carbocycles. The van der Waals surface area contributed by atoms with Gasteiger partial charge in [0.15, 0.2) is 5.82 Å². The van der Waals surface area contributed by atoms with Gasteiger partial charge in [0.2, 0.25) is 0 Å². The molecule has 0 saturated heterocycles. The zero-order valence-corrected chi connectivity index (χ0v) is 13.4. The van der Waals surface area contributed by atoms with Crippen LogP contribution in [0.1, 0.15) is 17.8 Å². The molecule has 2 heterocycles. The third-order valence-electron chi connectivity index (χ3n) is 3.80. The van der Waals surface area contributed by atoms with Crippen LogP contribution in [0, 0.1) is 11.8 Å². The lowest BCUT2D eigenvalue weighted by atomic mass is 10.1. The first-order valence-corrected chi connectivity index (χ1v) is 7.98. The smallest absolute Gasteiger partial charge is 0.185 e. The molecule has 0 aliphatic heterocycles. The van der Waals surface area contributed by atoms with Gasteiger partial charge in [-0.25, -0.2) is 4.98 Å². The number of aliphatic hydroxyl groups excluding tert-OH is 1. The fraction of sp³-hybridized carbons (Fsp3) is 0.200. The molecule has 2 aromatic heterocycles. The first-order chi connectivity index (χ1) is 11.9. The third kappa shape index (κ3) is 3.89. The van der Waals surface area contributed by atoms with Crippen molar-refractivity contribution in [2.45, 2.75) is 19.4 Å². The predicted molar refractivity (Wildman–Crippen MR) is 94.2 cm³/mol. The Labute approximate surface area is 141 Å². The summed E-state index contributed by atoms with van der Waals surface area (Å²) in [7, 11) is 0. The first kappa shape index (κ1) is 16.0. The van der Waals surface area contributed by atoms with Crippen LogP contribution in [0.4, 0.5) is 0 Å². The molecule has 0 amide bonds. The van der Waals surface area contributed by atoms with Crippen molar-refractivity contribution >= 4 is 0 Å². The normalized spacial score (nSPS) is 10.2. The minimum Gasteiger partial charge on any atom is -0.384 e. The highest BCUT2D eigenvalue weighted by molar-refractivity contribution is 5.59. The summed E-state index contributed by atoms with van der Waals surface area (Å²) in [6.07, 6.45) is 7.37. The molecule has 1 aromatic carbocycles. The van der Waals surface area contributed by atoms with Crippen LogP contribution in [-0.4, -0.2) is 26.2 Å². The van der Waals surface area contributed by atoms with Gasteiger partial charge in [0, 0.05) is 24.5 Å². The van der Waals surface area contributed by atoms with Crippen molar-refractivity contribution in [1.29, 1.82) is 0 Å². The molecule has 24 heavy (non-hydrogen) atoms. The molecule has 0 atom stereocenters. The highest BCUT2D eigenvalue weighted by Gasteiger charge is 2.10. The molecule has 1 N–H and O–H groups in total. The highest BCUT2D eigenvalue weighted by atomic mass is 16.2. The van der Waals surface area contributed by atoms with E-state index >= 15 is 0 Å². The summed E-state index contributed by atoms with van der Waals surface area (Å²) in [5.74, 6) is 6.31. The summed E-state index contributed by atoms with van der Waals surface area (Å²) >= 11 is 0. The van der Waals surface area contributed by atoms with Gasteiger partial charge in [0.25, 0.3) is 0 Å². The van der Waals surface area contributed by atoms with Crippen molar-refractivity contribution in [3.8, 4) is 23.1 Å². The predicted octanol–water partition coefficient (Wildman–Crippen LogP) is 2.92. The summed E-state index contributed by atoms with van der Waals surface area (Å²) in [5.41, 5.74) is 3.41. The Kier molecular flexibility index (Phi) is 5.39. The van der Waals surface area contributed by atoms with Crippen LogP contribution >= 0.6 is 0 Å². The molecule has 120 valence electrons. The summed E-state index contributed by atoms with van der Waals surface area (Å²) < 4.78 is 2.11. The Balaban J connectivity index is 1.82. The number of hydrogen-bond acceptors (Lipinski definition) is 3. The molecule has 0 bridgehead atoms. The number of aryl methyl sites for hydroxylation is 1. The van der Waals surface area contributed by atoms with E-state index in [9.17, 15) is 0 Å². The largest absolute Gasteiger partial charge is 0.384 e. The van der Waals surface area contributed by atoms with Gasteiger partial charge in [-0.1, -0.05) is 36.3 Å². The number of benzene rings is 1. The van der Waals surface area contributed by atoms with Gasteiger partial charge in [-0.05, 0) is 36.5 Å². The van der Waals surface area contributed by atoms with E-state index in [-0.39, 0.29) is 6.61 Å². The molecule has 0 fully saturated rings. The fourth-order valence-corrected chi connectivity index (χ4v) is 2.66. The second-order valence-electron chi connectivity index (χ2n) is 5.40. The Hall–Kier alpha value is -2.90. The van der Waals surface area contributed by atoms with Crippen LogP contribution in [0.2, 0.25) is 0 Å². The SMILES string of the molecule is OCC#Cc1ncc(-c2ccncc2)n1CCCc1ccccc1. The molecule has 4 heteroatoms. The molecule has 0 aliphatic rings. The van der Waals surface area contributed by atoms with Gasteiger partial charge in [0.05, 0.1) is 11.9 Å². The van der Waals surface area contributed by atoms with Crippen LogP contribution in [0.15, 0.2) is 61.1 Å². The summed E-state index contributed by atoms with van der Waals surface area (Å²) in [6.45, 7) is 0.656. The van der Waals surface area contributed by atoms with Gasteiger partial charge >= 0.3 is 0 Å². The van der Waals surface area contributed by atoms with Crippen molar-refractivity contribution in [2.24, 2.45) is 0 Å². The Morgan fingerprint density at radius 1 is 1.04 bits per heavy atom. The maximum atomic E-state index is 8.95. The Morgan fingerprint density at radius 2 is 1.83 bits per heavy atom. The lowest BCUT2D eigenvalue weighted by Crippen LogP contribution is -2.05. The lowest BCUT2D eigenvalue weighted by molar-refractivity contribution is 0.350. The van der Waals surface area contributed by atoms with E-state index in [0.29, 0.717) is 5.82 Å². The molecule has 0 spiro atoms. The fourth-order valence-electron chi connectivity index (χ4n) is 2.66. The van der Waals surface area contributed by atoms with Crippen molar-refractivity contribution in [1.82, 2.24) is 14.5 Å². The highest BCUT2D eigenvalue weighted by Crippen LogP contribution is 2.20. The molecule has 3 aromatic rings. The van der Waals surface area contributed by atoms with Crippen LogP contribution < -0.4 is 0 Å². The molecule has 0 radical (unpaired) electrons. The van der Waals surface area contributed by atoms with E-state index < -0.39 is 0 Å². The number of imidazole rings is 1. The van der Waals surface area contributed by atoms with E-state index in [1.165, 1.54) is 5.56 Å². The van der Waals surface area contributed by atoms with Crippen LogP contribution in [0.3, 0.4) is 0 Å². The standard InChI is InChI=1S/C20H19N3O/c24-15-5-9-20-22-16-19(18-10-12-21-13-11-18)23(20)14-4-8-17-6-2-1-3-7-17/h1-3,6-7,10-13,16,24H,4,8,14-15H2. The summed E-state index contributed by atoms with van der Waals surface area (Å²) in [6, 6.07) is 14.4. The van der Waals surface area contributed by atoms with E-state index in [1.54, 1.807) is 12.4 Å². The number of hydrogen-bond donors (Lipinski definition) is 1. The minimum absolute atomic E-state index is 0.165. The molecular formula is C20H19N3O. The number of aromatic nitrogens is 3. The van der Waals surface area contributed by atoms with Gasteiger partial charge in [-0.2, -0.15) is 0 Å². The summed E-state index contributed by atoms with van der Waals surface area (Å²) in [5, 5.41) is 8.95. The lowest BCUT2D eigenvalue weighted by Gasteiger charge is -2.10. The van der Waals surface area contributed by atoms with Gasteiger partial charge < -0.3 is 9.67 Å². The van der Waals surface area contributed by atoms with Crippen molar-refractivity contribution in [2.75, 3.05) is 6.61 Å². The molecule has 3 rings (SSSR count). The van der Waals surface area contributed by atoms with Gasteiger partial charge in [-0.15, -0.1) is 0 Å². The van der Waals surface area contributed by atoms with E-state index in [2.05, 4.69) is 50.6 Å². The molecule has 0 aliphatic carbocycles. The van der Waals surface area contributed by atoms with Crippen molar-refractivity contribution in [3.05, 3.63) is 72.4 Å². The van der Waals surface area contributed by atoms with Crippen LogP contribution in [-0.2, 0) is 13.0 Å². The topological polar surface area (TPSA) is 50.9 Å². The monoisotopic (exact) mass is 317 g/mol. The van der Waals surface area contributed by atoms with Gasteiger partial charge in [0.1, 0.15) is 6.61 Å². The van der Waals surface area contributed by atoms with E-state index in [0.717, 1.165) is 30.6 Å². The maximum absolute atomic E-state index is 8.95. The summed E-state index contributed by atoms with van der Waals surface area (Å²) in [4.78, 5) is 8.48. The van der Waals surface area contributed by atoms with Crippen molar-refractivity contribution in [3.63, 3.8) is 0 Å². The van der Waals surface area contributed by atoms with Crippen molar-refractivity contribution < 1.29 is 5.11 Å². The maximum Gasteiger partial charge on any atom is 0.185 e. The third-order valence-corrected chi connectivity index (χ3v) is 3.80. The number of nitrogens with zero attached hydrogens (tertiary/aromatic N) is 3. The van der Waals surface area contributed by atoms with E-state index in [1.807, 2.05) is 24.4 Å². The zero-order chi connectivity index (χ0) is 16.6. The zero-order valence-electron chi connectivity index (χ0n) is 13.4. The molecule has 4 nitrogen and oxygen atoms in total. The second kappa shape index (κ2) is 8.09. The van der Waals surface area contributed by atoms with Gasteiger partial charge in [-0.3, -0.25) is 4.98 Å². The quantitative estimate of drug-likeness (QED) is 0.736. The number of aliphatic hydroxyl groups is 1. The Bertz CT molecular complexity index is 830. The second-order valence-corrected chi connectivity index (χ2v) is 5.40. The molecular weight excluding hydrogens is 298 g/mol. The van der Waals surface area contributed by atoms with Crippen LogP contribution in [0.25, 0.3) is 11.3 Å². The average molecular weight is 317 g/mol. The number of rotatable bonds is 5. The van der Waals surface area contributed by atoms with E-state index in [4.69, 9.17) is 5.11 Å². The Morgan fingerprint density at radius 3 is 2.58 bits per heavy atom. The van der Waals surface area contributed by atoms with Crippen LogP contribution in [0.5, 0.6) is 0 Å².